The quantitative estimate of drug-likeness (QED) is 0.390. The molecular formula is C5H9BN2. The predicted octanol–water partition coefficient (Wildman–Crippen LogP) is -1.16. The van der Waals surface area contributed by atoms with Gasteiger partial charge in [0.1, 0.15) is 0 Å². The Balaban J connectivity index is 2.63. The summed E-state index contributed by atoms with van der Waals surface area (Å²) in [4.78, 5) is 0. The van der Waals surface area contributed by atoms with Crippen LogP contribution in [0.5, 0.6) is 0 Å². The monoisotopic (exact) mass is 108 g/mol. The van der Waals surface area contributed by atoms with Gasteiger partial charge in [-0.1, -0.05) is 19.0 Å². The molecule has 0 spiro atoms. The third-order valence-corrected chi connectivity index (χ3v) is 1.69. The van der Waals surface area contributed by atoms with Crippen molar-refractivity contribution < 1.29 is 5.23 Å². The molecule has 0 aromatic heterocycles. The van der Waals surface area contributed by atoms with Gasteiger partial charge < -0.3 is 5.23 Å². The topological polar surface area (TPSA) is 40.4 Å². The first-order chi connectivity index (χ1) is 3.84. The van der Waals surface area contributed by atoms with E-state index < -0.39 is 6.85 Å². The lowest BCUT2D eigenvalue weighted by Gasteiger charge is -2.01. The summed E-state index contributed by atoms with van der Waals surface area (Å²) in [5.74, 6) is 2.27. The normalized spacial score (nSPS) is 27.0. The minimum Gasteiger partial charge on any atom is -0.520 e. The Kier molecular flexibility index (Phi) is 1.36. The largest absolute Gasteiger partial charge is 0.520 e. The molecule has 0 fully saturated rings. The molecule has 1 aliphatic heterocycles. The number of nitriles is 1. The second-order valence-electron chi connectivity index (χ2n) is 2.32. The Bertz CT molecular complexity index is 156. The van der Waals surface area contributed by atoms with E-state index in [1.807, 2.05) is 6.92 Å². The number of rotatable bonds is 0. The third kappa shape index (κ3) is 0.751. The van der Waals surface area contributed by atoms with Crippen molar-refractivity contribution in [3.63, 3.8) is 0 Å². The molecule has 8 heavy (non-hydrogen) atoms. The molecule has 0 aromatic rings. The van der Waals surface area contributed by atoms with Crippen molar-refractivity contribution in [2.45, 2.75) is 6.92 Å². The van der Waals surface area contributed by atoms with Crippen molar-refractivity contribution in [3.8, 4) is 5.97 Å². The first-order valence-electron chi connectivity index (χ1n) is 2.94. The Morgan fingerprint density at radius 1 is 2.00 bits per heavy atom. The van der Waals surface area contributed by atoms with Crippen molar-refractivity contribution >= 4 is 6.85 Å². The summed E-state index contributed by atoms with van der Waals surface area (Å²) in [5, 5.41) is 10.6. The smallest absolute Gasteiger partial charge is 0.314 e. The van der Waals surface area contributed by atoms with Gasteiger partial charge in [-0.25, -0.2) is 5.26 Å². The first-order valence-corrected chi connectivity index (χ1v) is 2.94. The molecule has 0 saturated carbocycles. The number of hydrogen-bond donors (Lipinski definition) is 1. The highest BCUT2D eigenvalue weighted by Gasteiger charge is 2.11. The van der Waals surface area contributed by atoms with Gasteiger partial charge in [0.05, 0.1) is 6.54 Å². The maximum Gasteiger partial charge on any atom is 0.314 e. The van der Waals surface area contributed by atoms with Crippen molar-refractivity contribution in [1.82, 2.24) is 0 Å². The van der Waals surface area contributed by atoms with Crippen molar-refractivity contribution in [1.29, 1.82) is 5.26 Å². The van der Waals surface area contributed by atoms with E-state index in [0.717, 1.165) is 6.54 Å². The highest BCUT2D eigenvalue weighted by molar-refractivity contribution is 6.66. The molecule has 3 heteroatoms. The summed E-state index contributed by atoms with van der Waals surface area (Å²) in [6, 6.07) is 0. The first kappa shape index (κ1) is 5.39. The van der Waals surface area contributed by atoms with Crippen LogP contribution in [0.2, 0.25) is 0 Å². The Labute approximate surface area is 49.3 Å². The molecular weight excluding hydrogens is 98.9 g/mol. The van der Waals surface area contributed by atoms with Crippen LogP contribution < -0.4 is 5.23 Å². The summed E-state index contributed by atoms with van der Waals surface area (Å²) in [7, 11) is 0. The van der Waals surface area contributed by atoms with Crippen LogP contribution in [0.3, 0.4) is 0 Å². The van der Waals surface area contributed by atoms with Crippen LogP contribution in [-0.4, -0.2) is 13.4 Å². The predicted molar refractivity (Wildman–Crippen MR) is 33.3 cm³/mol. The number of allylic oxidation sites excluding steroid dienone is 1. The SMILES string of the molecule is CC1=CC[NH2+][BH-]1C#N. The van der Waals surface area contributed by atoms with E-state index in [0.29, 0.717) is 0 Å². The summed E-state index contributed by atoms with van der Waals surface area (Å²) in [5.41, 5.74) is 1.28. The van der Waals surface area contributed by atoms with E-state index in [4.69, 9.17) is 5.26 Å². The lowest BCUT2D eigenvalue weighted by atomic mass is 9.60. The molecule has 1 atom stereocenters. The molecule has 42 valence electrons. The third-order valence-electron chi connectivity index (χ3n) is 1.69. The number of nitrogens with two attached hydrogens (primary N) is 1. The van der Waals surface area contributed by atoms with E-state index >= 15 is 0 Å². The summed E-state index contributed by atoms with van der Waals surface area (Å²) >= 11 is 0. The van der Waals surface area contributed by atoms with Gasteiger partial charge in [0.2, 0.25) is 0 Å². The van der Waals surface area contributed by atoms with Gasteiger partial charge in [0.25, 0.3) is 0 Å². The summed E-state index contributed by atoms with van der Waals surface area (Å²) in [6.45, 7) is 2.42. The van der Waals surface area contributed by atoms with E-state index in [1.165, 1.54) is 5.47 Å². The van der Waals surface area contributed by atoms with Crippen LogP contribution >= 0.6 is 0 Å². The Morgan fingerprint density at radius 2 is 2.75 bits per heavy atom. The van der Waals surface area contributed by atoms with Gasteiger partial charge in [-0.15, -0.1) is 0 Å². The maximum atomic E-state index is 8.45. The summed E-state index contributed by atoms with van der Waals surface area (Å²) < 4.78 is 0. The van der Waals surface area contributed by atoms with E-state index in [1.54, 1.807) is 0 Å². The minimum absolute atomic E-state index is 0.625. The molecule has 0 radical (unpaired) electrons. The highest BCUT2D eigenvalue weighted by atomic mass is 14.8. The molecule has 0 aromatic carbocycles. The fraction of sp³-hybridized carbons (Fsp3) is 0.400. The zero-order chi connectivity index (χ0) is 5.98. The minimum atomic E-state index is -0.625. The van der Waals surface area contributed by atoms with Gasteiger partial charge in [-0.2, -0.15) is 5.47 Å². The highest BCUT2D eigenvalue weighted by Crippen LogP contribution is 1.93. The van der Waals surface area contributed by atoms with Crippen LogP contribution in [0.15, 0.2) is 11.5 Å². The average Bonchev–Trinajstić information content (AvgIpc) is 2.14. The fourth-order valence-electron chi connectivity index (χ4n) is 1.02. The second kappa shape index (κ2) is 2.02. The van der Waals surface area contributed by atoms with Crippen molar-refractivity contribution in [2.75, 3.05) is 6.54 Å². The van der Waals surface area contributed by atoms with Crippen molar-refractivity contribution in [3.05, 3.63) is 11.5 Å². The number of hydrogen-bond acceptors (Lipinski definition) is 1. The molecule has 2 nitrogen and oxygen atoms in total. The molecule has 1 aliphatic rings. The Morgan fingerprint density at radius 3 is 3.00 bits per heavy atom. The average molecular weight is 108 g/mol. The molecule has 1 heterocycles. The standard InChI is InChI=1S/C5H9BN2/c1-5-2-3-8-6(5)4-7/h2,6H,3,8H2,1H3. The van der Waals surface area contributed by atoms with E-state index in [9.17, 15) is 0 Å². The molecule has 0 saturated heterocycles. The van der Waals surface area contributed by atoms with Gasteiger partial charge in [-0.3, -0.25) is 0 Å². The van der Waals surface area contributed by atoms with Crippen LogP contribution in [-0.2, 0) is 0 Å². The molecule has 0 aliphatic carbocycles. The molecule has 0 amide bonds. The van der Waals surface area contributed by atoms with E-state index in [-0.39, 0.29) is 0 Å². The lowest BCUT2D eigenvalue weighted by molar-refractivity contribution is -0.502. The van der Waals surface area contributed by atoms with E-state index in [2.05, 4.69) is 17.3 Å². The lowest BCUT2D eigenvalue weighted by Crippen LogP contribution is -2.90. The van der Waals surface area contributed by atoms with Crippen LogP contribution in [0.1, 0.15) is 6.92 Å². The zero-order valence-corrected chi connectivity index (χ0v) is 5.02. The molecule has 0 bridgehead atoms. The van der Waals surface area contributed by atoms with Gasteiger partial charge in [-0.05, 0) is 0 Å². The molecule has 1 rings (SSSR count). The second-order valence-corrected chi connectivity index (χ2v) is 2.32. The Hall–Kier alpha value is -0.745. The summed E-state index contributed by atoms with van der Waals surface area (Å²) in [6.07, 6.45) is 2.13. The molecule has 2 N–H and O–H groups in total. The van der Waals surface area contributed by atoms with Gasteiger partial charge >= 0.3 is 6.85 Å². The number of quaternary nitrogens is 1. The maximum absolute atomic E-state index is 8.45. The van der Waals surface area contributed by atoms with Crippen LogP contribution in [0.4, 0.5) is 0 Å². The van der Waals surface area contributed by atoms with Gasteiger partial charge in [0, 0.05) is 0 Å². The molecule has 1 unspecified atom stereocenters. The zero-order valence-electron chi connectivity index (χ0n) is 5.02. The van der Waals surface area contributed by atoms with Crippen LogP contribution in [0, 0.1) is 11.2 Å². The van der Waals surface area contributed by atoms with Crippen molar-refractivity contribution in [2.24, 2.45) is 0 Å². The van der Waals surface area contributed by atoms with Gasteiger partial charge in [0.15, 0.2) is 0 Å². The number of nitrogens with zero attached hydrogens (tertiary/aromatic N) is 1. The van der Waals surface area contributed by atoms with Crippen LogP contribution in [0.25, 0.3) is 0 Å². The fourth-order valence-corrected chi connectivity index (χ4v) is 1.02.